The smallest absolute Gasteiger partial charge is 0.252 e. The topological polar surface area (TPSA) is 89.3 Å². The van der Waals surface area contributed by atoms with Crippen molar-refractivity contribution in [1.82, 2.24) is 15.2 Å². The minimum Gasteiger partial charge on any atom is -0.370 e. The van der Waals surface area contributed by atoms with Gasteiger partial charge in [0.05, 0.1) is 35.5 Å². The number of hydrogen-bond donors (Lipinski definition) is 1. The van der Waals surface area contributed by atoms with Crippen LogP contribution in [0.15, 0.2) is 30.5 Å². The molecule has 1 N–H and O–H groups in total. The highest BCUT2D eigenvalue weighted by molar-refractivity contribution is 7.99. The number of hydrogen-bond acceptors (Lipinski definition) is 6. The molecule has 0 aliphatic carbocycles. The molecular formula is C21H21F2N5O2S. The van der Waals surface area contributed by atoms with Gasteiger partial charge in [0.2, 0.25) is 5.91 Å². The third-order valence-corrected chi connectivity index (χ3v) is 6.70. The number of fused-ring (bicyclic) bond motifs is 1. The SMILES string of the molecule is CC(F)(F)C1CN(c2ccc3nccc(C(=O)NCC(=O)N4CSCC4C#N)c3c2)C1. The van der Waals surface area contributed by atoms with Crippen molar-refractivity contribution in [1.29, 1.82) is 5.26 Å². The fourth-order valence-electron chi connectivity index (χ4n) is 3.69. The van der Waals surface area contributed by atoms with Crippen LogP contribution in [-0.2, 0) is 4.79 Å². The molecule has 3 heterocycles. The van der Waals surface area contributed by atoms with Gasteiger partial charge in [-0.15, -0.1) is 11.8 Å². The van der Waals surface area contributed by atoms with E-state index in [1.807, 2.05) is 4.90 Å². The maximum Gasteiger partial charge on any atom is 0.252 e. The van der Waals surface area contributed by atoms with E-state index in [1.54, 1.807) is 24.3 Å². The van der Waals surface area contributed by atoms with E-state index in [0.717, 1.165) is 12.6 Å². The molecule has 4 rings (SSSR count). The zero-order valence-corrected chi connectivity index (χ0v) is 17.7. The Balaban J connectivity index is 1.48. The summed E-state index contributed by atoms with van der Waals surface area (Å²) in [6.07, 6.45) is 1.51. The van der Waals surface area contributed by atoms with E-state index in [2.05, 4.69) is 16.4 Å². The van der Waals surface area contributed by atoms with Crippen LogP contribution < -0.4 is 10.2 Å². The molecule has 0 spiro atoms. The summed E-state index contributed by atoms with van der Waals surface area (Å²) in [6.45, 7) is 1.22. The monoisotopic (exact) mass is 445 g/mol. The van der Waals surface area contributed by atoms with E-state index < -0.39 is 23.8 Å². The van der Waals surface area contributed by atoms with Gasteiger partial charge in [-0.1, -0.05) is 0 Å². The molecule has 2 aromatic rings. The van der Waals surface area contributed by atoms with Crippen LogP contribution in [0.1, 0.15) is 17.3 Å². The molecule has 31 heavy (non-hydrogen) atoms. The minimum absolute atomic E-state index is 0.208. The Bertz CT molecular complexity index is 1060. The molecule has 1 atom stereocenters. The summed E-state index contributed by atoms with van der Waals surface area (Å²) in [5, 5.41) is 12.3. The molecule has 0 saturated carbocycles. The number of halogens is 2. The van der Waals surface area contributed by atoms with E-state index >= 15 is 0 Å². The Hall–Kier alpha value is -2.93. The Morgan fingerprint density at radius 2 is 2.13 bits per heavy atom. The van der Waals surface area contributed by atoms with Crippen LogP contribution in [0.3, 0.4) is 0 Å². The first-order valence-electron chi connectivity index (χ1n) is 9.84. The highest BCUT2D eigenvalue weighted by atomic mass is 32.2. The van der Waals surface area contributed by atoms with Gasteiger partial charge in [0.1, 0.15) is 6.04 Å². The highest BCUT2D eigenvalue weighted by Crippen LogP contribution is 2.36. The van der Waals surface area contributed by atoms with Crippen molar-refractivity contribution in [2.75, 3.05) is 36.2 Å². The van der Waals surface area contributed by atoms with E-state index in [-0.39, 0.29) is 25.5 Å². The summed E-state index contributed by atoms with van der Waals surface area (Å²) in [5.41, 5.74) is 1.70. The Morgan fingerprint density at radius 1 is 1.35 bits per heavy atom. The summed E-state index contributed by atoms with van der Waals surface area (Å²) in [7, 11) is 0. The zero-order chi connectivity index (χ0) is 22.2. The summed E-state index contributed by atoms with van der Waals surface area (Å²) in [6, 6.07) is 8.50. The first kappa shape index (κ1) is 21.3. The average molecular weight is 445 g/mol. The van der Waals surface area contributed by atoms with Crippen molar-refractivity contribution in [2.45, 2.75) is 18.9 Å². The van der Waals surface area contributed by atoms with Crippen LogP contribution in [0.2, 0.25) is 0 Å². The van der Waals surface area contributed by atoms with Gasteiger partial charge >= 0.3 is 0 Å². The number of carbonyl (C=O) groups excluding carboxylic acids is 2. The molecule has 2 aliphatic heterocycles. The minimum atomic E-state index is -2.72. The average Bonchev–Trinajstić information content (AvgIpc) is 3.18. The lowest BCUT2D eigenvalue weighted by atomic mass is 9.93. The molecule has 2 amide bonds. The second-order valence-corrected chi connectivity index (χ2v) is 8.81. The molecule has 7 nitrogen and oxygen atoms in total. The van der Waals surface area contributed by atoms with Crippen molar-refractivity contribution < 1.29 is 18.4 Å². The fraction of sp³-hybridized carbons (Fsp3) is 0.429. The van der Waals surface area contributed by atoms with Crippen LogP contribution >= 0.6 is 11.8 Å². The van der Waals surface area contributed by atoms with Gasteiger partial charge in [-0.2, -0.15) is 5.26 Å². The molecule has 2 saturated heterocycles. The molecule has 1 aromatic heterocycles. The number of rotatable bonds is 5. The summed E-state index contributed by atoms with van der Waals surface area (Å²) < 4.78 is 26.9. The second-order valence-electron chi connectivity index (χ2n) is 7.81. The van der Waals surface area contributed by atoms with Gasteiger partial charge in [-0.05, 0) is 31.2 Å². The van der Waals surface area contributed by atoms with Gasteiger partial charge < -0.3 is 15.1 Å². The second kappa shape index (κ2) is 8.30. The Kier molecular flexibility index (Phi) is 5.71. The van der Waals surface area contributed by atoms with Crippen LogP contribution in [0.5, 0.6) is 0 Å². The number of thioether (sulfide) groups is 1. The molecule has 0 bridgehead atoms. The highest BCUT2D eigenvalue weighted by Gasteiger charge is 2.42. The number of benzene rings is 1. The summed E-state index contributed by atoms with van der Waals surface area (Å²) in [4.78, 5) is 32.7. The molecule has 2 aliphatic rings. The first-order valence-corrected chi connectivity index (χ1v) is 11.0. The first-order chi connectivity index (χ1) is 14.8. The van der Waals surface area contributed by atoms with Gasteiger partial charge in [0, 0.05) is 36.1 Å². The molecule has 162 valence electrons. The lowest BCUT2D eigenvalue weighted by molar-refractivity contribution is -0.129. The molecule has 1 aromatic carbocycles. The van der Waals surface area contributed by atoms with E-state index in [4.69, 9.17) is 5.26 Å². The fourth-order valence-corrected chi connectivity index (χ4v) is 4.79. The lowest BCUT2D eigenvalue weighted by Crippen LogP contribution is -2.53. The molecular weight excluding hydrogens is 424 g/mol. The van der Waals surface area contributed by atoms with Crippen LogP contribution in [0, 0.1) is 17.2 Å². The Labute approximate surface area is 182 Å². The third kappa shape index (κ3) is 4.28. The van der Waals surface area contributed by atoms with Gasteiger partial charge in [0.15, 0.2) is 0 Å². The number of amides is 2. The standard InChI is InChI=1S/C21H21F2N5O2S/c1-21(22,23)13-9-27(10-13)14-2-3-18-17(6-14)16(4-5-25-18)20(30)26-8-19(29)28-12-31-11-15(28)7-24/h2-6,13,15H,8-12H2,1H3,(H,26,30). The maximum absolute atomic E-state index is 13.4. The number of nitriles is 1. The van der Waals surface area contributed by atoms with Crippen molar-refractivity contribution in [3.05, 3.63) is 36.0 Å². The van der Waals surface area contributed by atoms with Crippen LogP contribution in [-0.4, -0.2) is 64.9 Å². The maximum atomic E-state index is 13.4. The molecule has 10 heteroatoms. The number of pyridine rings is 1. The number of nitrogens with zero attached hydrogens (tertiary/aromatic N) is 4. The van der Waals surface area contributed by atoms with E-state index in [9.17, 15) is 18.4 Å². The lowest BCUT2D eigenvalue weighted by Gasteiger charge is -2.43. The van der Waals surface area contributed by atoms with Gasteiger partial charge in [0.25, 0.3) is 11.8 Å². The number of carbonyl (C=O) groups is 2. The Morgan fingerprint density at radius 3 is 2.84 bits per heavy atom. The zero-order valence-electron chi connectivity index (χ0n) is 16.8. The van der Waals surface area contributed by atoms with Crippen molar-refractivity contribution in [2.24, 2.45) is 5.92 Å². The normalized spacial score (nSPS) is 19.2. The largest absolute Gasteiger partial charge is 0.370 e. The third-order valence-electron chi connectivity index (χ3n) is 5.69. The van der Waals surface area contributed by atoms with Crippen molar-refractivity contribution in [3.8, 4) is 6.07 Å². The molecule has 0 radical (unpaired) electrons. The van der Waals surface area contributed by atoms with Gasteiger partial charge in [-0.25, -0.2) is 8.78 Å². The van der Waals surface area contributed by atoms with Gasteiger partial charge in [-0.3, -0.25) is 14.6 Å². The van der Waals surface area contributed by atoms with Crippen molar-refractivity contribution >= 4 is 40.2 Å². The van der Waals surface area contributed by atoms with Crippen LogP contribution in [0.4, 0.5) is 14.5 Å². The molecule has 1 unspecified atom stereocenters. The molecule has 2 fully saturated rings. The number of anilines is 1. The van der Waals surface area contributed by atoms with E-state index in [1.165, 1.54) is 22.9 Å². The number of aromatic nitrogens is 1. The quantitative estimate of drug-likeness (QED) is 0.761. The number of alkyl halides is 2. The summed E-state index contributed by atoms with van der Waals surface area (Å²) in [5.74, 6) is -3.15. The van der Waals surface area contributed by atoms with Crippen molar-refractivity contribution in [3.63, 3.8) is 0 Å². The predicted octanol–water partition coefficient (Wildman–Crippen LogP) is 2.48. The number of nitrogens with one attached hydrogen (secondary N) is 1. The summed E-state index contributed by atoms with van der Waals surface area (Å²) >= 11 is 1.50. The van der Waals surface area contributed by atoms with E-state index in [0.29, 0.717) is 28.1 Å². The predicted molar refractivity (Wildman–Crippen MR) is 114 cm³/mol. The van der Waals surface area contributed by atoms with Crippen LogP contribution in [0.25, 0.3) is 10.9 Å².